The second-order valence-electron chi connectivity index (χ2n) is 2.85. The molecule has 0 atom stereocenters. The van der Waals surface area contributed by atoms with Crippen LogP contribution in [0.4, 0.5) is 0 Å². The lowest BCUT2D eigenvalue weighted by molar-refractivity contribution is -0.108. The average molecular weight is 229 g/mol. The minimum Gasteiger partial charge on any atom is -0.276 e. The SMILES string of the molecule is CC/C(=C\c1ccc(Cl)cc1)C(=O)Cl. The zero-order valence-corrected chi connectivity index (χ0v) is 9.27. The molecule has 0 bridgehead atoms. The zero-order valence-electron chi connectivity index (χ0n) is 7.76. The van der Waals surface area contributed by atoms with Crippen molar-refractivity contribution in [2.24, 2.45) is 0 Å². The summed E-state index contributed by atoms with van der Waals surface area (Å²) < 4.78 is 0. The first-order valence-corrected chi connectivity index (χ1v) is 5.05. The molecule has 0 fully saturated rings. The van der Waals surface area contributed by atoms with Crippen LogP contribution in [0.1, 0.15) is 18.9 Å². The number of carbonyl (C=O) groups excluding carboxylic acids is 1. The predicted octanol–water partition coefficient (Wildman–Crippen LogP) is 3.90. The molecule has 1 rings (SSSR count). The fourth-order valence-corrected chi connectivity index (χ4v) is 1.37. The number of hydrogen-bond acceptors (Lipinski definition) is 1. The van der Waals surface area contributed by atoms with Gasteiger partial charge in [-0.3, -0.25) is 4.79 Å². The van der Waals surface area contributed by atoms with Crippen LogP contribution in [0.2, 0.25) is 5.02 Å². The normalized spacial score (nSPS) is 11.5. The highest BCUT2D eigenvalue weighted by Crippen LogP contribution is 2.15. The van der Waals surface area contributed by atoms with Gasteiger partial charge in [0.25, 0.3) is 0 Å². The number of allylic oxidation sites excluding steroid dienone is 1. The van der Waals surface area contributed by atoms with Crippen LogP contribution < -0.4 is 0 Å². The van der Waals surface area contributed by atoms with Crippen molar-refractivity contribution in [3.63, 3.8) is 0 Å². The summed E-state index contributed by atoms with van der Waals surface area (Å²) in [5.41, 5.74) is 1.54. The first kappa shape index (κ1) is 11.3. The van der Waals surface area contributed by atoms with Gasteiger partial charge in [-0.25, -0.2) is 0 Å². The minimum atomic E-state index is -0.401. The Morgan fingerprint density at radius 2 is 1.93 bits per heavy atom. The van der Waals surface area contributed by atoms with Gasteiger partial charge in [-0.2, -0.15) is 0 Å². The number of hydrogen-bond donors (Lipinski definition) is 0. The second-order valence-corrected chi connectivity index (χ2v) is 3.63. The third kappa shape index (κ3) is 3.17. The van der Waals surface area contributed by atoms with Gasteiger partial charge < -0.3 is 0 Å². The maximum atomic E-state index is 10.9. The minimum absolute atomic E-state index is 0.401. The summed E-state index contributed by atoms with van der Waals surface area (Å²) in [7, 11) is 0. The first-order chi connectivity index (χ1) is 6.63. The molecule has 0 saturated carbocycles. The molecule has 0 amide bonds. The van der Waals surface area contributed by atoms with Gasteiger partial charge >= 0.3 is 0 Å². The Bertz CT molecular complexity index is 352. The zero-order chi connectivity index (χ0) is 10.6. The third-order valence-electron chi connectivity index (χ3n) is 1.84. The van der Waals surface area contributed by atoms with Crippen molar-refractivity contribution in [2.45, 2.75) is 13.3 Å². The van der Waals surface area contributed by atoms with E-state index in [4.69, 9.17) is 23.2 Å². The lowest BCUT2D eigenvalue weighted by Gasteiger charge is -1.98. The molecule has 0 spiro atoms. The molecule has 1 aromatic rings. The highest BCUT2D eigenvalue weighted by atomic mass is 35.5. The van der Waals surface area contributed by atoms with Crippen LogP contribution in [-0.2, 0) is 4.79 Å². The van der Waals surface area contributed by atoms with Gasteiger partial charge in [0.15, 0.2) is 0 Å². The van der Waals surface area contributed by atoms with Crippen LogP contribution in [0, 0.1) is 0 Å². The molecule has 0 N–H and O–H groups in total. The van der Waals surface area contributed by atoms with E-state index < -0.39 is 5.24 Å². The first-order valence-electron chi connectivity index (χ1n) is 4.29. The van der Waals surface area contributed by atoms with Crippen molar-refractivity contribution in [3.8, 4) is 0 Å². The maximum absolute atomic E-state index is 10.9. The smallest absolute Gasteiger partial charge is 0.248 e. The lowest BCUT2D eigenvalue weighted by atomic mass is 10.1. The second kappa shape index (κ2) is 5.18. The van der Waals surface area contributed by atoms with Gasteiger partial charge in [-0.05, 0) is 41.8 Å². The van der Waals surface area contributed by atoms with Crippen LogP contribution in [0.5, 0.6) is 0 Å². The third-order valence-corrected chi connectivity index (χ3v) is 2.34. The molecule has 14 heavy (non-hydrogen) atoms. The standard InChI is InChI=1S/C11H10Cl2O/c1-2-9(11(13)14)7-8-3-5-10(12)6-4-8/h3-7H,2H2,1H3/b9-7+. The van der Waals surface area contributed by atoms with E-state index in [1.54, 1.807) is 18.2 Å². The van der Waals surface area contributed by atoms with Gasteiger partial charge in [0.05, 0.1) is 0 Å². The Morgan fingerprint density at radius 1 is 1.36 bits per heavy atom. The number of halogens is 2. The highest BCUT2D eigenvalue weighted by Gasteiger charge is 2.02. The van der Waals surface area contributed by atoms with E-state index in [-0.39, 0.29) is 0 Å². The van der Waals surface area contributed by atoms with E-state index in [1.165, 1.54) is 0 Å². The molecule has 74 valence electrons. The maximum Gasteiger partial charge on any atom is 0.248 e. The Kier molecular flexibility index (Phi) is 4.18. The van der Waals surface area contributed by atoms with Crippen molar-refractivity contribution in [1.82, 2.24) is 0 Å². The van der Waals surface area contributed by atoms with E-state index >= 15 is 0 Å². The summed E-state index contributed by atoms with van der Waals surface area (Å²) in [5, 5.41) is 0.278. The average Bonchev–Trinajstić information content (AvgIpc) is 2.16. The van der Waals surface area contributed by atoms with Crippen LogP contribution in [0.3, 0.4) is 0 Å². The Hall–Kier alpha value is -0.790. The van der Waals surface area contributed by atoms with Crippen molar-refractivity contribution in [3.05, 3.63) is 40.4 Å². The fourth-order valence-electron chi connectivity index (χ4n) is 1.06. The van der Waals surface area contributed by atoms with E-state index in [0.717, 1.165) is 5.56 Å². The largest absolute Gasteiger partial charge is 0.276 e. The van der Waals surface area contributed by atoms with E-state index in [2.05, 4.69) is 0 Å². The molecule has 0 aromatic heterocycles. The van der Waals surface area contributed by atoms with E-state index in [1.807, 2.05) is 19.1 Å². The molecule has 0 aliphatic heterocycles. The van der Waals surface area contributed by atoms with Gasteiger partial charge in [0.1, 0.15) is 0 Å². The highest BCUT2D eigenvalue weighted by molar-refractivity contribution is 6.68. The van der Waals surface area contributed by atoms with Crippen molar-refractivity contribution in [1.29, 1.82) is 0 Å². The van der Waals surface area contributed by atoms with Crippen molar-refractivity contribution >= 4 is 34.5 Å². The quantitative estimate of drug-likeness (QED) is 0.567. The van der Waals surface area contributed by atoms with Gasteiger partial charge in [0.2, 0.25) is 5.24 Å². The topological polar surface area (TPSA) is 17.1 Å². The Labute approximate surface area is 93.3 Å². The Balaban J connectivity index is 2.95. The molecule has 1 nitrogen and oxygen atoms in total. The van der Waals surface area contributed by atoms with E-state index in [9.17, 15) is 4.79 Å². The number of rotatable bonds is 3. The van der Waals surface area contributed by atoms with Crippen molar-refractivity contribution < 1.29 is 4.79 Å². The molecule has 0 radical (unpaired) electrons. The predicted molar refractivity (Wildman–Crippen MR) is 60.6 cm³/mol. The lowest BCUT2D eigenvalue weighted by Crippen LogP contribution is -1.91. The van der Waals surface area contributed by atoms with Gasteiger partial charge in [-0.15, -0.1) is 0 Å². The van der Waals surface area contributed by atoms with Crippen molar-refractivity contribution in [2.75, 3.05) is 0 Å². The molecule has 0 aliphatic carbocycles. The van der Waals surface area contributed by atoms with Crippen LogP contribution in [0.25, 0.3) is 6.08 Å². The summed E-state index contributed by atoms with van der Waals surface area (Å²) >= 11 is 11.1. The molecule has 0 aliphatic rings. The summed E-state index contributed by atoms with van der Waals surface area (Å²) in [6.45, 7) is 1.89. The van der Waals surface area contributed by atoms with Gasteiger partial charge in [-0.1, -0.05) is 30.7 Å². The molecule has 1 aromatic carbocycles. The summed E-state index contributed by atoms with van der Waals surface area (Å²) in [6.07, 6.45) is 2.40. The molecular weight excluding hydrogens is 219 g/mol. The number of carbonyl (C=O) groups is 1. The molecule has 0 heterocycles. The summed E-state index contributed by atoms with van der Waals surface area (Å²) in [6, 6.07) is 7.24. The molecule has 0 saturated heterocycles. The Morgan fingerprint density at radius 3 is 2.36 bits per heavy atom. The summed E-state index contributed by atoms with van der Waals surface area (Å²) in [5.74, 6) is 0. The van der Waals surface area contributed by atoms with Crippen LogP contribution >= 0.6 is 23.2 Å². The monoisotopic (exact) mass is 228 g/mol. The van der Waals surface area contributed by atoms with Crippen LogP contribution in [-0.4, -0.2) is 5.24 Å². The fraction of sp³-hybridized carbons (Fsp3) is 0.182. The number of benzene rings is 1. The van der Waals surface area contributed by atoms with Crippen LogP contribution in [0.15, 0.2) is 29.8 Å². The van der Waals surface area contributed by atoms with Gasteiger partial charge in [0, 0.05) is 10.6 Å². The molecule has 0 unspecified atom stereocenters. The van der Waals surface area contributed by atoms with E-state index in [0.29, 0.717) is 17.0 Å². The summed E-state index contributed by atoms with van der Waals surface area (Å²) in [4.78, 5) is 10.9. The molecular formula is C11H10Cl2O. The molecule has 3 heteroatoms.